The van der Waals surface area contributed by atoms with E-state index < -0.39 is 17.6 Å². The molecule has 0 fully saturated rings. The molecule has 21 heavy (non-hydrogen) atoms. The van der Waals surface area contributed by atoms with Crippen molar-refractivity contribution in [2.75, 3.05) is 12.4 Å². The van der Waals surface area contributed by atoms with Crippen molar-refractivity contribution in [1.82, 2.24) is 9.78 Å². The fourth-order valence-electron chi connectivity index (χ4n) is 1.67. The van der Waals surface area contributed by atoms with E-state index in [-0.39, 0.29) is 12.3 Å². The number of hydrogen-bond acceptors (Lipinski definition) is 3. The highest BCUT2D eigenvalue weighted by molar-refractivity contribution is 6.04. The predicted molar refractivity (Wildman–Crippen MR) is 68.6 cm³/mol. The minimum atomic E-state index is -4.49. The lowest BCUT2D eigenvalue weighted by Gasteiger charge is -2.08. The predicted octanol–water partition coefficient (Wildman–Crippen LogP) is 2.76. The molecule has 0 spiro atoms. The van der Waals surface area contributed by atoms with Crippen LogP contribution in [0.5, 0.6) is 0 Å². The zero-order valence-electron chi connectivity index (χ0n) is 11.0. The van der Waals surface area contributed by atoms with Gasteiger partial charge in [-0.05, 0) is 18.2 Å². The standard InChI is InChI=1S/C13H12F3N3O2/c1-21-8-19-7-11(6-17-19)18-12(20)9-3-2-4-10(5-9)13(14,15)16/h2-7H,8H2,1H3,(H,18,20). The summed E-state index contributed by atoms with van der Waals surface area (Å²) in [5.74, 6) is -0.641. The molecule has 1 aromatic heterocycles. The summed E-state index contributed by atoms with van der Waals surface area (Å²) in [5, 5.41) is 6.38. The molecule has 0 saturated heterocycles. The Balaban J connectivity index is 2.12. The number of halogens is 3. The molecule has 5 nitrogen and oxygen atoms in total. The summed E-state index contributed by atoms with van der Waals surface area (Å²) in [4.78, 5) is 11.9. The Morgan fingerprint density at radius 1 is 1.43 bits per heavy atom. The van der Waals surface area contributed by atoms with E-state index in [2.05, 4.69) is 10.4 Å². The fourth-order valence-corrected chi connectivity index (χ4v) is 1.67. The molecule has 1 heterocycles. The van der Waals surface area contributed by atoms with Crippen molar-refractivity contribution in [3.63, 3.8) is 0 Å². The van der Waals surface area contributed by atoms with Gasteiger partial charge in [0, 0.05) is 12.7 Å². The Kier molecular flexibility index (Phi) is 4.27. The number of carbonyl (C=O) groups is 1. The molecule has 112 valence electrons. The molecule has 0 aliphatic carbocycles. The summed E-state index contributed by atoms with van der Waals surface area (Å²) >= 11 is 0. The van der Waals surface area contributed by atoms with Crippen molar-refractivity contribution in [1.29, 1.82) is 0 Å². The lowest BCUT2D eigenvalue weighted by molar-refractivity contribution is -0.137. The monoisotopic (exact) mass is 299 g/mol. The largest absolute Gasteiger partial charge is 0.416 e. The molecule has 2 aromatic rings. The topological polar surface area (TPSA) is 56.1 Å². The molecule has 0 aliphatic rings. The Bertz CT molecular complexity index is 638. The maximum Gasteiger partial charge on any atom is 0.416 e. The Morgan fingerprint density at radius 2 is 2.19 bits per heavy atom. The number of alkyl halides is 3. The normalized spacial score (nSPS) is 11.4. The zero-order chi connectivity index (χ0) is 15.5. The molecule has 0 atom stereocenters. The molecular weight excluding hydrogens is 287 g/mol. The van der Waals surface area contributed by atoms with E-state index in [1.807, 2.05) is 0 Å². The van der Waals surface area contributed by atoms with Crippen LogP contribution in [-0.2, 0) is 17.6 Å². The SMILES string of the molecule is COCn1cc(NC(=O)c2cccc(C(F)(F)F)c2)cn1. The third-order valence-corrected chi connectivity index (χ3v) is 2.60. The molecule has 0 saturated carbocycles. The van der Waals surface area contributed by atoms with E-state index in [0.29, 0.717) is 5.69 Å². The van der Waals surface area contributed by atoms with E-state index in [1.54, 1.807) is 0 Å². The second kappa shape index (κ2) is 5.96. The Morgan fingerprint density at radius 3 is 2.86 bits per heavy atom. The fraction of sp³-hybridized carbons (Fsp3) is 0.231. The number of amides is 1. The zero-order valence-corrected chi connectivity index (χ0v) is 11.0. The number of nitrogens with zero attached hydrogens (tertiary/aromatic N) is 2. The van der Waals surface area contributed by atoms with Gasteiger partial charge in [0.1, 0.15) is 6.73 Å². The highest BCUT2D eigenvalue weighted by atomic mass is 19.4. The van der Waals surface area contributed by atoms with Gasteiger partial charge in [0.05, 0.1) is 23.6 Å². The second-order valence-electron chi connectivity index (χ2n) is 4.22. The van der Waals surface area contributed by atoms with Crippen LogP contribution in [0, 0.1) is 0 Å². The first-order chi connectivity index (χ1) is 9.90. The van der Waals surface area contributed by atoms with Crippen LogP contribution in [0.2, 0.25) is 0 Å². The number of carbonyl (C=O) groups excluding carboxylic acids is 1. The van der Waals surface area contributed by atoms with E-state index in [0.717, 1.165) is 12.1 Å². The summed E-state index contributed by atoms with van der Waals surface area (Å²) < 4.78 is 44.0. The molecule has 0 unspecified atom stereocenters. The van der Waals surface area contributed by atoms with Gasteiger partial charge in [-0.1, -0.05) is 6.07 Å². The second-order valence-corrected chi connectivity index (χ2v) is 4.22. The minimum Gasteiger partial charge on any atom is -0.362 e. The van der Waals surface area contributed by atoms with Crippen molar-refractivity contribution in [2.45, 2.75) is 12.9 Å². The maximum absolute atomic E-state index is 12.6. The van der Waals surface area contributed by atoms with Gasteiger partial charge in [-0.15, -0.1) is 0 Å². The Hall–Kier alpha value is -2.35. The van der Waals surface area contributed by atoms with E-state index >= 15 is 0 Å². The van der Waals surface area contributed by atoms with Gasteiger partial charge >= 0.3 is 6.18 Å². The van der Waals surface area contributed by atoms with Crippen molar-refractivity contribution < 1.29 is 22.7 Å². The average molecular weight is 299 g/mol. The number of aromatic nitrogens is 2. The van der Waals surface area contributed by atoms with Crippen LogP contribution < -0.4 is 5.32 Å². The summed E-state index contributed by atoms with van der Waals surface area (Å²) in [7, 11) is 1.49. The summed E-state index contributed by atoms with van der Waals surface area (Å²) in [6, 6.07) is 4.21. The lowest BCUT2D eigenvalue weighted by atomic mass is 10.1. The van der Waals surface area contributed by atoms with E-state index in [4.69, 9.17) is 4.74 Å². The summed E-state index contributed by atoms with van der Waals surface area (Å²) in [6.07, 6.45) is -1.60. The molecule has 0 radical (unpaired) electrons. The van der Waals surface area contributed by atoms with Gasteiger partial charge in [0.25, 0.3) is 5.91 Å². The molecule has 2 rings (SSSR count). The highest BCUT2D eigenvalue weighted by Crippen LogP contribution is 2.29. The number of hydrogen-bond donors (Lipinski definition) is 1. The van der Waals surface area contributed by atoms with Crippen LogP contribution in [0.1, 0.15) is 15.9 Å². The smallest absolute Gasteiger partial charge is 0.362 e. The van der Waals surface area contributed by atoms with Gasteiger partial charge in [0.15, 0.2) is 0 Å². The van der Waals surface area contributed by atoms with Crippen LogP contribution in [0.15, 0.2) is 36.7 Å². The van der Waals surface area contributed by atoms with Gasteiger partial charge in [-0.3, -0.25) is 4.79 Å². The van der Waals surface area contributed by atoms with Gasteiger partial charge in [-0.2, -0.15) is 18.3 Å². The number of anilines is 1. The van der Waals surface area contributed by atoms with Crippen LogP contribution in [0.25, 0.3) is 0 Å². The molecule has 1 amide bonds. The van der Waals surface area contributed by atoms with Gasteiger partial charge < -0.3 is 10.1 Å². The first kappa shape index (κ1) is 15.0. The van der Waals surface area contributed by atoms with E-state index in [1.165, 1.54) is 36.3 Å². The number of rotatable bonds is 4. The number of ether oxygens (including phenoxy) is 1. The molecule has 8 heteroatoms. The quantitative estimate of drug-likeness (QED) is 0.944. The first-order valence-corrected chi connectivity index (χ1v) is 5.90. The lowest BCUT2D eigenvalue weighted by Crippen LogP contribution is -2.13. The van der Waals surface area contributed by atoms with Crippen LogP contribution in [0.3, 0.4) is 0 Å². The summed E-state index contributed by atoms with van der Waals surface area (Å²) in [5.41, 5.74) is -0.580. The van der Waals surface area contributed by atoms with Gasteiger partial charge in [0.2, 0.25) is 0 Å². The third kappa shape index (κ3) is 3.82. The third-order valence-electron chi connectivity index (χ3n) is 2.60. The van der Waals surface area contributed by atoms with Crippen molar-refractivity contribution in [3.8, 4) is 0 Å². The molecular formula is C13H12F3N3O2. The molecule has 1 aromatic carbocycles. The molecule has 0 aliphatic heterocycles. The van der Waals surface area contributed by atoms with Crippen molar-refractivity contribution in [2.24, 2.45) is 0 Å². The van der Waals surface area contributed by atoms with E-state index in [9.17, 15) is 18.0 Å². The number of benzene rings is 1. The molecule has 1 N–H and O–H groups in total. The average Bonchev–Trinajstić information content (AvgIpc) is 2.86. The summed E-state index contributed by atoms with van der Waals surface area (Å²) in [6.45, 7) is 0.208. The number of nitrogens with one attached hydrogen (secondary N) is 1. The highest BCUT2D eigenvalue weighted by Gasteiger charge is 2.30. The minimum absolute atomic E-state index is 0.0793. The Labute approximate surface area is 118 Å². The molecule has 0 bridgehead atoms. The van der Waals surface area contributed by atoms with Crippen molar-refractivity contribution >= 4 is 11.6 Å². The first-order valence-electron chi connectivity index (χ1n) is 5.90. The van der Waals surface area contributed by atoms with Gasteiger partial charge in [-0.25, -0.2) is 4.68 Å². The van der Waals surface area contributed by atoms with Crippen LogP contribution in [-0.4, -0.2) is 22.8 Å². The van der Waals surface area contributed by atoms with Crippen molar-refractivity contribution in [3.05, 3.63) is 47.8 Å². The number of methoxy groups -OCH3 is 1. The van der Waals surface area contributed by atoms with Crippen LogP contribution in [0.4, 0.5) is 18.9 Å². The van der Waals surface area contributed by atoms with Crippen LogP contribution >= 0.6 is 0 Å². The maximum atomic E-state index is 12.6.